The molecule has 0 N–H and O–H groups in total. The zero-order valence-corrected chi connectivity index (χ0v) is 14.8. The lowest BCUT2D eigenvalue weighted by Gasteiger charge is -2.38. The van der Waals surface area contributed by atoms with Gasteiger partial charge in [-0.3, -0.25) is 14.7 Å². The van der Waals surface area contributed by atoms with E-state index < -0.39 is 5.66 Å². The quantitative estimate of drug-likeness (QED) is 0.742. The largest absolute Gasteiger partial charge is 0.271 e. The van der Waals surface area contributed by atoms with Crippen LogP contribution in [0.25, 0.3) is 0 Å². The van der Waals surface area contributed by atoms with Crippen LogP contribution < -0.4 is 0 Å². The topological polar surface area (TPSA) is 32.7 Å². The summed E-state index contributed by atoms with van der Waals surface area (Å²) in [6.07, 6.45) is 5.10. The highest BCUT2D eigenvalue weighted by molar-refractivity contribution is 7.82. The van der Waals surface area contributed by atoms with E-state index in [0.29, 0.717) is 10.6 Å². The summed E-state index contributed by atoms with van der Waals surface area (Å²) in [5, 5.41) is 0. The SMILES string of the molecule is O=C(c1ccccc1)N1C(=S)C(c2ccccc2)=NC12CCCCC2. The van der Waals surface area contributed by atoms with Crippen molar-refractivity contribution in [1.29, 1.82) is 0 Å². The van der Waals surface area contributed by atoms with Crippen molar-refractivity contribution in [3.63, 3.8) is 0 Å². The summed E-state index contributed by atoms with van der Waals surface area (Å²) in [6.45, 7) is 0. The van der Waals surface area contributed by atoms with Gasteiger partial charge in [-0.05, 0) is 37.8 Å². The number of hydrogen-bond acceptors (Lipinski definition) is 3. The van der Waals surface area contributed by atoms with Crippen LogP contribution in [0.3, 0.4) is 0 Å². The Morgan fingerprint density at radius 2 is 1.52 bits per heavy atom. The van der Waals surface area contributed by atoms with Gasteiger partial charge in [0.2, 0.25) is 0 Å². The molecule has 2 aromatic rings. The van der Waals surface area contributed by atoms with Crippen LogP contribution in [0.1, 0.15) is 48.0 Å². The van der Waals surface area contributed by atoms with Gasteiger partial charge in [0.05, 0.1) is 0 Å². The van der Waals surface area contributed by atoms with Crippen molar-refractivity contribution in [2.75, 3.05) is 0 Å². The van der Waals surface area contributed by atoms with Gasteiger partial charge in [-0.25, -0.2) is 0 Å². The predicted octanol–water partition coefficient (Wildman–Crippen LogP) is 4.62. The van der Waals surface area contributed by atoms with Crippen molar-refractivity contribution < 1.29 is 4.79 Å². The van der Waals surface area contributed by atoms with Gasteiger partial charge in [0.25, 0.3) is 5.91 Å². The first-order valence-corrected chi connectivity index (χ1v) is 9.21. The molecule has 0 saturated heterocycles. The zero-order valence-electron chi connectivity index (χ0n) is 14.0. The van der Waals surface area contributed by atoms with Crippen LogP contribution >= 0.6 is 12.2 Å². The molecule has 2 aromatic carbocycles. The fourth-order valence-corrected chi connectivity index (χ4v) is 4.25. The van der Waals surface area contributed by atoms with Crippen LogP contribution in [0.15, 0.2) is 65.7 Å². The van der Waals surface area contributed by atoms with Gasteiger partial charge in [-0.2, -0.15) is 0 Å². The molecule has 126 valence electrons. The Hall–Kier alpha value is -2.33. The molecule has 1 amide bonds. The van der Waals surface area contributed by atoms with Gasteiger partial charge in [0, 0.05) is 11.1 Å². The van der Waals surface area contributed by atoms with Crippen LogP contribution in [-0.2, 0) is 0 Å². The summed E-state index contributed by atoms with van der Waals surface area (Å²) in [4.78, 5) is 20.7. The van der Waals surface area contributed by atoms with Crippen molar-refractivity contribution in [1.82, 2.24) is 4.90 Å². The van der Waals surface area contributed by atoms with Crippen LogP contribution in [-0.4, -0.2) is 27.2 Å². The predicted molar refractivity (Wildman–Crippen MR) is 104 cm³/mol. The maximum atomic E-state index is 13.3. The summed E-state index contributed by atoms with van der Waals surface area (Å²) in [5.74, 6) is -0.0396. The molecule has 0 unspecified atom stereocenters. The molecule has 1 fully saturated rings. The molecule has 4 rings (SSSR count). The highest BCUT2D eigenvalue weighted by Crippen LogP contribution is 2.40. The van der Waals surface area contributed by atoms with Gasteiger partial charge in [-0.1, -0.05) is 67.2 Å². The van der Waals surface area contributed by atoms with Crippen LogP contribution in [0, 0.1) is 0 Å². The van der Waals surface area contributed by atoms with Crippen molar-refractivity contribution in [3.05, 3.63) is 71.8 Å². The summed E-state index contributed by atoms with van der Waals surface area (Å²) in [5.41, 5.74) is 1.93. The first kappa shape index (κ1) is 16.2. The molecular weight excluding hydrogens is 328 g/mol. The minimum Gasteiger partial charge on any atom is -0.271 e. The standard InChI is InChI=1S/C21H20N2OS/c24-19(17-12-6-2-7-13-17)23-20(25)18(16-10-4-1-5-11-16)22-21(23)14-8-3-9-15-21/h1-2,4-7,10-13H,3,8-9,14-15H2. The summed E-state index contributed by atoms with van der Waals surface area (Å²) < 4.78 is 0. The van der Waals surface area contributed by atoms with Gasteiger partial charge < -0.3 is 0 Å². The molecule has 1 heterocycles. The second-order valence-electron chi connectivity index (χ2n) is 6.68. The molecule has 4 heteroatoms. The van der Waals surface area contributed by atoms with Crippen LogP contribution in [0.4, 0.5) is 0 Å². The van der Waals surface area contributed by atoms with Gasteiger partial charge in [-0.15, -0.1) is 0 Å². The van der Waals surface area contributed by atoms with E-state index in [4.69, 9.17) is 17.2 Å². The smallest absolute Gasteiger partial charge is 0.260 e. The van der Waals surface area contributed by atoms with E-state index in [1.165, 1.54) is 6.42 Å². The van der Waals surface area contributed by atoms with E-state index in [1.54, 1.807) is 4.90 Å². The Bertz CT molecular complexity index is 823. The molecule has 0 aromatic heterocycles. The minimum absolute atomic E-state index is 0.0396. The normalized spacial score (nSPS) is 19.1. The number of rotatable bonds is 2. The van der Waals surface area contributed by atoms with Gasteiger partial charge >= 0.3 is 0 Å². The van der Waals surface area contributed by atoms with E-state index in [2.05, 4.69) is 0 Å². The highest BCUT2D eigenvalue weighted by atomic mass is 32.1. The summed E-state index contributed by atoms with van der Waals surface area (Å²) >= 11 is 5.75. The number of thiocarbonyl (C=S) groups is 1. The molecule has 25 heavy (non-hydrogen) atoms. The number of aliphatic imine (C=N–C) groups is 1. The number of amides is 1. The Morgan fingerprint density at radius 3 is 2.16 bits per heavy atom. The average molecular weight is 348 g/mol. The number of hydrogen-bond donors (Lipinski definition) is 0. The zero-order chi connectivity index (χ0) is 17.3. The number of benzene rings is 2. The summed E-state index contributed by atoms with van der Waals surface area (Å²) in [7, 11) is 0. The molecule has 1 saturated carbocycles. The molecule has 0 atom stereocenters. The third-order valence-corrected chi connectivity index (χ3v) is 5.44. The first-order chi connectivity index (χ1) is 12.2. The Kier molecular flexibility index (Phi) is 4.22. The van der Waals surface area contributed by atoms with Crippen molar-refractivity contribution in [2.45, 2.75) is 37.8 Å². The van der Waals surface area contributed by atoms with Crippen molar-refractivity contribution in [3.8, 4) is 0 Å². The second kappa shape index (κ2) is 6.52. The molecule has 2 aliphatic rings. The number of carbonyl (C=O) groups excluding carboxylic acids is 1. The Morgan fingerprint density at radius 1 is 0.920 bits per heavy atom. The first-order valence-electron chi connectivity index (χ1n) is 8.80. The highest BCUT2D eigenvalue weighted by Gasteiger charge is 2.48. The third kappa shape index (κ3) is 2.81. The van der Waals surface area contributed by atoms with E-state index >= 15 is 0 Å². The van der Waals surface area contributed by atoms with Crippen LogP contribution in [0.5, 0.6) is 0 Å². The van der Waals surface area contributed by atoms with E-state index in [-0.39, 0.29) is 5.91 Å². The number of carbonyl (C=O) groups is 1. The van der Waals surface area contributed by atoms with E-state index in [1.807, 2.05) is 60.7 Å². The maximum Gasteiger partial charge on any atom is 0.260 e. The molecule has 3 nitrogen and oxygen atoms in total. The fourth-order valence-electron chi connectivity index (χ4n) is 3.83. The molecule has 1 spiro atoms. The molecule has 0 radical (unpaired) electrons. The maximum absolute atomic E-state index is 13.3. The average Bonchev–Trinajstić information content (AvgIpc) is 2.95. The number of nitrogens with zero attached hydrogens (tertiary/aromatic N) is 2. The van der Waals surface area contributed by atoms with Crippen molar-refractivity contribution >= 4 is 28.8 Å². The Balaban J connectivity index is 1.78. The lowest BCUT2D eigenvalue weighted by Crippen LogP contribution is -2.50. The van der Waals surface area contributed by atoms with E-state index in [9.17, 15) is 4.79 Å². The monoisotopic (exact) mass is 348 g/mol. The minimum atomic E-state index is -0.507. The van der Waals surface area contributed by atoms with Gasteiger partial charge in [0.1, 0.15) is 16.4 Å². The fraction of sp³-hybridized carbons (Fsp3) is 0.286. The molecular formula is C21H20N2OS. The molecule has 1 aliphatic carbocycles. The van der Waals surface area contributed by atoms with Gasteiger partial charge in [0.15, 0.2) is 0 Å². The summed E-state index contributed by atoms with van der Waals surface area (Å²) in [6, 6.07) is 19.4. The second-order valence-corrected chi connectivity index (χ2v) is 7.07. The van der Waals surface area contributed by atoms with E-state index in [0.717, 1.165) is 37.0 Å². The lowest BCUT2D eigenvalue weighted by molar-refractivity contribution is 0.0648. The molecule has 0 bridgehead atoms. The molecule has 1 aliphatic heterocycles. The Labute approximate surface area is 153 Å². The van der Waals surface area contributed by atoms with Crippen LogP contribution in [0.2, 0.25) is 0 Å². The van der Waals surface area contributed by atoms with Crippen molar-refractivity contribution in [2.24, 2.45) is 4.99 Å². The third-order valence-electron chi connectivity index (χ3n) is 5.07. The lowest BCUT2D eigenvalue weighted by atomic mass is 9.88.